The molecule has 0 heterocycles. The van der Waals surface area contributed by atoms with Gasteiger partial charge >= 0.3 is 6.18 Å². The van der Waals surface area contributed by atoms with E-state index in [2.05, 4.69) is 5.32 Å². The van der Waals surface area contributed by atoms with Crippen molar-refractivity contribution in [2.24, 2.45) is 0 Å². The molecule has 1 unspecified atom stereocenters. The second-order valence-corrected chi connectivity index (χ2v) is 5.01. The van der Waals surface area contributed by atoms with Crippen molar-refractivity contribution in [2.45, 2.75) is 37.7 Å². The summed E-state index contributed by atoms with van der Waals surface area (Å²) >= 11 is 0. The molecule has 0 radical (unpaired) electrons. The van der Waals surface area contributed by atoms with Crippen LogP contribution in [0.5, 0.6) is 11.5 Å². The standard InChI is InChI=1S/C14H18F3NO3/c1-20-11-5-2-9(7-18-10-3-4-10)6-12(11)21-8-13(19)14(15,16)17/h2,5-6,10,13,18-19H,3-4,7-8H2,1H3. The number of methoxy groups -OCH3 is 1. The van der Waals surface area contributed by atoms with E-state index in [1.54, 1.807) is 12.1 Å². The van der Waals surface area contributed by atoms with Crippen molar-refractivity contribution in [2.75, 3.05) is 13.7 Å². The zero-order valence-corrected chi connectivity index (χ0v) is 11.6. The molecule has 0 aliphatic heterocycles. The number of alkyl halides is 3. The summed E-state index contributed by atoms with van der Waals surface area (Å²) in [5.41, 5.74) is 0.888. The third-order valence-electron chi connectivity index (χ3n) is 3.17. The highest BCUT2D eigenvalue weighted by Gasteiger charge is 2.38. The van der Waals surface area contributed by atoms with Gasteiger partial charge in [-0.1, -0.05) is 6.07 Å². The van der Waals surface area contributed by atoms with E-state index >= 15 is 0 Å². The summed E-state index contributed by atoms with van der Waals surface area (Å²) in [6, 6.07) is 5.61. The lowest BCUT2D eigenvalue weighted by Crippen LogP contribution is -2.34. The second kappa shape index (κ2) is 6.53. The minimum Gasteiger partial charge on any atom is -0.493 e. The molecule has 0 spiro atoms. The molecule has 7 heteroatoms. The highest BCUT2D eigenvalue weighted by Crippen LogP contribution is 2.30. The van der Waals surface area contributed by atoms with Gasteiger partial charge in [0, 0.05) is 12.6 Å². The van der Waals surface area contributed by atoms with Crippen molar-refractivity contribution < 1.29 is 27.8 Å². The van der Waals surface area contributed by atoms with E-state index in [4.69, 9.17) is 14.6 Å². The summed E-state index contributed by atoms with van der Waals surface area (Å²) < 4.78 is 46.9. The molecule has 2 N–H and O–H groups in total. The van der Waals surface area contributed by atoms with E-state index in [9.17, 15) is 13.2 Å². The Bertz CT molecular complexity index is 475. The van der Waals surface area contributed by atoms with Crippen LogP contribution in [0.2, 0.25) is 0 Å². The van der Waals surface area contributed by atoms with E-state index in [0.29, 0.717) is 18.3 Å². The largest absolute Gasteiger partial charge is 0.493 e. The fraction of sp³-hybridized carbons (Fsp3) is 0.571. The number of aliphatic hydroxyl groups excluding tert-OH is 1. The molecule has 0 aromatic heterocycles. The Labute approximate surface area is 120 Å². The molecule has 0 amide bonds. The second-order valence-electron chi connectivity index (χ2n) is 5.01. The molecule has 1 fully saturated rings. The van der Waals surface area contributed by atoms with Crippen LogP contribution in [0.3, 0.4) is 0 Å². The molecule has 2 rings (SSSR count). The normalized spacial score (nSPS) is 16.6. The maximum absolute atomic E-state index is 12.3. The van der Waals surface area contributed by atoms with Gasteiger partial charge in [-0.15, -0.1) is 0 Å². The minimum atomic E-state index is -4.70. The fourth-order valence-electron chi connectivity index (χ4n) is 1.76. The summed E-state index contributed by atoms with van der Waals surface area (Å²) in [6.45, 7) is -0.244. The molecule has 0 saturated heterocycles. The quantitative estimate of drug-likeness (QED) is 0.811. The van der Waals surface area contributed by atoms with Crippen LogP contribution in [-0.2, 0) is 6.54 Å². The Morgan fingerprint density at radius 1 is 1.33 bits per heavy atom. The van der Waals surface area contributed by atoms with Crippen LogP contribution in [0, 0.1) is 0 Å². The molecule has 0 bridgehead atoms. The monoisotopic (exact) mass is 305 g/mol. The molecule has 1 atom stereocenters. The van der Waals surface area contributed by atoms with Crippen LogP contribution in [-0.4, -0.2) is 37.1 Å². The van der Waals surface area contributed by atoms with E-state index in [1.165, 1.54) is 7.11 Å². The smallest absolute Gasteiger partial charge is 0.417 e. The third-order valence-corrected chi connectivity index (χ3v) is 3.17. The van der Waals surface area contributed by atoms with Crippen LogP contribution in [0.1, 0.15) is 18.4 Å². The van der Waals surface area contributed by atoms with E-state index in [1.807, 2.05) is 6.07 Å². The van der Waals surface area contributed by atoms with Gasteiger partial charge in [0.1, 0.15) is 6.61 Å². The first kappa shape index (κ1) is 15.9. The number of rotatable bonds is 7. The van der Waals surface area contributed by atoms with Crippen LogP contribution >= 0.6 is 0 Å². The number of nitrogens with one attached hydrogen (secondary N) is 1. The number of ether oxygens (including phenoxy) is 2. The molecule has 1 saturated carbocycles. The molecule has 1 aliphatic carbocycles. The lowest BCUT2D eigenvalue weighted by atomic mass is 10.2. The number of hydrogen-bond acceptors (Lipinski definition) is 4. The van der Waals surface area contributed by atoms with E-state index in [-0.39, 0.29) is 5.75 Å². The summed E-state index contributed by atoms with van der Waals surface area (Å²) in [5, 5.41) is 12.3. The third kappa shape index (κ3) is 4.78. The maximum Gasteiger partial charge on any atom is 0.417 e. The van der Waals surface area contributed by atoms with Gasteiger partial charge < -0.3 is 19.9 Å². The lowest BCUT2D eigenvalue weighted by Gasteiger charge is -2.17. The van der Waals surface area contributed by atoms with E-state index < -0.39 is 18.9 Å². The van der Waals surface area contributed by atoms with Crippen molar-refractivity contribution in [3.63, 3.8) is 0 Å². The number of hydrogen-bond donors (Lipinski definition) is 2. The average Bonchev–Trinajstić information content (AvgIpc) is 3.25. The zero-order valence-electron chi connectivity index (χ0n) is 11.6. The average molecular weight is 305 g/mol. The first-order valence-corrected chi connectivity index (χ1v) is 6.68. The topological polar surface area (TPSA) is 50.7 Å². The van der Waals surface area contributed by atoms with Crippen molar-refractivity contribution in [3.8, 4) is 11.5 Å². The molecular formula is C14H18F3NO3. The Balaban J connectivity index is 1.99. The first-order valence-electron chi connectivity index (χ1n) is 6.68. The molecule has 118 valence electrons. The number of benzene rings is 1. The van der Waals surface area contributed by atoms with Crippen LogP contribution < -0.4 is 14.8 Å². The van der Waals surface area contributed by atoms with Gasteiger partial charge in [0.05, 0.1) is 7.11 Å². The molecule has 4 nitrogen and oxygen atoms in total. The molecule has 1 aromatic rings. The summed E-state index contributed by atoms with van der Waals surface area (Å²) in [6.07, 6.45) is -4.91. The van der Waals surface area contributed by atoms with Gasteiger partial charge in [0.2, 0.25) is 0 Å². The van der Waals surface area contributed by atoms with Gasteiger partial charge in [-0.05, 0) is 30.5 Å². The Morgan fingerprint density at radius 2 is 2.05 bits per heavy atom. The lowest BCUT2D eigenvalue weighted by molar-refractivity contribution is -0.210. The van der Waals surface area contributed by atoms with Crippen LogP contribution in [0.25, 0.3) is 0 Å². The Morgan fingerprint density at radius 3 is 2.62 bits per heavy atom. The molecule has 21 heavy (non-hydrogen) atoms. The predicted octanol–water partition coefficient (Wildman–Crippen LogP) is 2.25. The SMILES string of the molecule is COc1ccc(CNC2CC2)cc1OCC(O)C(F)(F)F. The van der Waals surface area contributed by atoms with Crippen LogP contribution in [0.4, 0.5) is 13.2 Å². The van der Waals surface area contributed by atoms with Gasteiger partial charge in [-0.25, -0.2) is 0 Å². The van der Waals surface area contributed by atoms with Crippen molar-refractivity contribution in [1.82, 2.24) is 5.32 Å². The highest BCUT2D eigenvalue weighted by atomic mass is 19.4. The van der Waals surface area contributed by atoms with Gasteiger partial charge in [-0.2, -0.15) is 13.2 Å². The maximum atomic E-state index is 12.3. The van der Waals surface area contributed by atoms with Crippen molar-refractivity contribution >= 4 is 0 Å². The van der Waals surface area contributed by atoms with Gasteiger partial charge in [0.25, 0.3) is 0 Å². The fourth-order valence-corrected chi connectivity index (χ4v) is 1.76. The molecule has 1 aliphatic rings. The minimum absolute atomic E-state index is 0.191. The van der Waals surface area contributed by atoms with Crippen molar-refractivity contribution in [1.29, 1.82) is 0 Å². The zero-order chi connectivity index (χ0) is 15.5. The van der Waals surface area contributed by atoms with Crippen LogP contribution in [0.15, 0.2) is 18.2 Å². The summed E-state index contributed by atoms with van der Waals surface area (Å²) in [7, 11) is 1.41. The molecule has 1 aromatic carbocycles. The van der Waals surface area contributed by atoms with Gasteiger partial charge in [-0.3, -0.25) is 0 Å². The Hall–Kier alpha value is -1.47. The van der Waals surface area contributed by atoms with Gasteiger partial charge in [0.15, 0.2) is 17.6 Å². The summed E-state index contributed by atoms with van der Waals surface area (Å²) in [4.78, 5) is 0. The molecular weight excluding hydrogens is 287 g/mol. The predicted molar refractivity (Wildman–Crippen MR) is 70.4 cm³/mol. The first-order chi connectivity index (χ1) is 9.90. The van der Waals surface area contributed by atoms with E-state index in [0.717, 1.165) is 18.4 Å². The number of halogens is 3. The highest BCUT2D eigenvalue weighted by molar-refractivity contribution is 5.43. The Kier molecular flexibility index (Phi) is 4.95. The van der Waals surface area contributed by atoms with Crippen molar-refractivity contribution in [3.05, 3.63) is 23.8 Å². The number of aliphatic hydroxyl groups is 1. The summed E-state index contributed by atoms with van der Waals surface area (Å²) in [5.74, 6) is 0.524.